The maximum absolute atomic E-state index is 10.9. The Morgan fingerprint density at radius 3 is 1.82 bits per heavy atom. The number of carbonyl (C=O) groups excluding carboxylic acids is 3. The number of hydrogen-bond donors (Lipinski definition) is 0. The van der Waals surface area contributed by atoms with Crippen LogP contribution in [0.4, 0.5) is 0 Å². The number of esters is 3. The minimum absolute atomic E-state index is 0.0557. The van der Waals surface area contributed by atoms with E-state index in [2.05, 4.69) is 14.2 Å². The molecule has 0 saturated carbocycles. The smallest absolute Gasteiger partial charge is 0.344 e. The summed E-state index contributed by atoms with van der Waals surface area (Å²) in [6, 6.07) is 0. The number of rotatable bonds is 8. The molecule has 0 aromatic carbocycles. The van der Waals surface area contributed by atoms with Crippen LogP contribution in [-0.2, 0) is 33.3 Å². The van der Waals surface area contributed by atoms with Crippen molar-refractivity contribution in [2.75, 3.05) is 33.0 Å². The number of hydrogen-bond acceptors (Lipinski definition) is 7. The van der Waals surface area contributed by atoms with Gasteiger partial charge in [-0.1, -0.05) is 0 Å². The van der Waals surface area contributed by atoms with Crippen LogP contribution in [0.3, 0.4) is 0 Å². The van der Waals surface area contributed by atoms with E-state index in [1.165, 1.54) is 13.8 Å². The highest BCUT2D eigenvalue weighted by atomic mass is 16.6. The lowest BCUT2D eigenvalue weighted by molar-refractivity contribution is -0.158. The summed E-state index contributed by atoms with van der Waals surface area (Å²) < 4.78 is 18.7. The lowest BCUT2D eigenvalue weighted by Crippen LogP contribution is -2.18. The van der Waals surface area contributed by atoms with Crippen LogP contribution in [0.1, 0.15) is 13.8 Å². The van der Waals surface area contributed by atoms with Crippen molar-refractivity contribution in [3.8, 4) is 0 Å². The van der Waals surface area contributed by atoms with Crippen LogP contribution in [0.15, 0.2) is 0 Å². The molecule has 98 valence electrons. The summed E-state index contributed by atoms with van der Waals surface area (Å²) in [4.78, 5) is 31.6. The van der Waals surface area contributed by atoms with Gasteiger partial charge in [-0.25, -0.2) is 4.79 Å². The lowest BCUT2D eigenvalue weighted by atomic mass is 10.6. The predicted molar refractivity (Wildman–Crippen MR) is 55.0 cm³/mol. The van der Waals surface area contributed by atoms with E-state index < -0.39 is 18.5 Å². The van der Waals surface area contributed by atoms with E-state index in [9.17, 15) is 14.4 Å². The van der Waals surface area contributed by atoms with Crippen molar-refractivity contribution in [3.05, 3.63) is 0 Å². The molecular formula is C10H16O7. The Hall–Kier alpha value is -1.63. The second-order valence-electron chi connectivity index (χ2n) is 2.95. The van der Waals surface area contributed by atoms with Crippen molar-refractivity contribution >= 4 is 17.9 Å². The van der Waals surface area contributed by atoms with Crippen LogP contribution in [0, 0.1) is 0 Å². The molecule has 0 N–H and O–H groups in total. The van der Waals surface area contributed by atoms with Gasteiger partial charge in [0.25, 0.3) is 0 Å². The third-order valence-electron chi connectivity index (χ3n) is 1.42. The first-order chi connectivity index (χ1) is 8.02. The Balaban J connectivity index is 3.24. The number of ether oxygens (including phenoxy) is 4. The Kier molecular flexibility index (Phi) is 8.67. The minimum Gasteiger partial charge on any atom is -0.463 e. The van der Waals surface area contributed by atoms with Crippen LogP contribution in [0.5, 0.6) is 0 Å². The molecule has 0 unspecified atom stereocenters. The fourth-order valence-electron chi connectivity index (χ4n) is 0.763. The Morgan fingerprint density at radius 1 is 0.765 bits per heavy atom. The molecule has 7 heteroatoms. The Morgan fingerprint density at radius 2 is 1.29 bits per heavy atom. The normalized spacial score (nSPS) is 9.53. The molecule has 0 aliphatic carbocycles. The maximum atomic E-state index is 10.9. The molecule has 0 rings (SSSR count). The average Bonchev–Trinajstić information content (AvgIpc) is 2.24. The van der Waals surface area contributed by atoms with Gasteiger partial charge in [0.15, 0.2) is 6.61 Å². The topological polar surface area (TPSA) is 88.1 Å². The fraction of sp³-hybridized carbons (Fsp3) is 0.700. The summed E-state index contributed by atoms with van der Waals surface area (Å²) in [5.41, 5.74) is 0. The molecule has 7 nitrogen and oxygen atoms in total. The second-order valence-corrected chi connectivity index (χ2v) is 2.95. The zero-order valence-electron chi connectivity index (χ0n) is 9.89. The van der Waals surface area contributed by atoms with E-state index in [0.717, 1.165) is 0 Å². The van der Waals surface area contributed by atoms with Gasteiger partial charge in [0.1, 0.15) is 13.2 Å². The van der Waals surface area contributed by atoms with Crippen LogP contribution in [-0.4, -0.2) is 50.9 Å². The SMILES string of the molecule is CC(=O)OCCOCCOC(=O)COC(C)=O. The van der Waals surface area contributed by atoms with E-state index >= 15 is 0 Å². The van der Waals surface area contributed by atoms with Gasteiger partial charge >= 0.3 is 17.9 Å². The predicted octanol–water partition coefficient (Wildman–Crippen LogP) is -0.328. The molecule has 0 amide bonds. The van der Waals surface area contributed by atoms with Crippen LogP contribution < -0.4 is 0 Å². The van der Waals surface area contributed by atoms with Gasteiger partial charge in [-0.15, -0.1) is 0 Å². The first-order valence-corrected chi connectivity index (χ1v) is 5.02. The molecule has 0 radical (unpaired) electrons. The lowest BCUT2D eigenvalue weighted by Gasteiger charge is -2.06. The van der Waals surface area contributed by atoms with Gasteiger partial charge in [0.05, 0.1) is 13.2 Å². The van der Waals surface area contributed by atoms with E-state index in [0.29, 0.717) is 0 Å². The Bertz CT molecular complexity index is 261. The average molecular weight is 248 g/mol. The molecule has 0 aliphatic rings. The molecule has 0 heterocycles. The standard InChI is InChI=1S/C10H16O7/c1-8(11)15-5-3-14-4-6-16-10(13)7-17-9(2)12/h3-7H2,1-2H3. The summed E-state index contributed by atoms with van der Waals surface area (Å²) in [6.45, 7) is 2.75. The van der Waals surface area contributed by atoms with Crippen molar-refractivity contribution in [2.24, 2.45) is 0 Å². The van der Waals surface area contributed by atoms with Crippen LogP contribution in [0.2, 0.25) is 0 Å². The van der Waals surface area contributed by atoms with Gasteiger partial charge in [0.2, 0.25) is 0 Å². The van der Waals surface area contributed by atoms with E-state index in [1.54, 1.807) is 0 Å². The third kappa shape index (κ3) is 12.3. The first kappa shape index (κ1) is 15.4. The van der Waals surface area contributed by atoms with Crippen molar-refractivity contribution < 1.29 is 33.3 Å². The van der Waals surface area contributed by atoms with Crippen LogP contribution >= 0.6 is 0 Å². The fourth-order valence-corrected chi connectivity index (χ4v) is 0.763. The zero-order chi connectivity index (χ0) is 13.1. The largest absolute Gasteiger partial charge is 0.463 e. The van der Waals surface area contributed by atoms with Crippen molar-refractivity contribution in [2.45, 2.75) is 13.8 Å². The molecule has 0 aromatic rings. The highest BCUT2D eigenvalue weighted by Crippen LogP contribution is 1.85. The van der Waals surface area contributed by atoms with Crippen LogP contribution in [0.25, 0.3) is 0 Å². The molecule has 0 atom stereocenters. The summed E-state index contributed by atoms with van der Waals surface area (Å²) in [5, 5.41) is 0. The number of carbonyl (C=O) groups is 3. The third-order valence-corrected chi connectivity index (χ3v) is 1.42. The maximum Gasteiger partial charge on any atom is 0.344 e. The van der Waals surface area contributed by atoms with E-state index in [4.69, 9.17) is 4.74 Å². The van der Waals surface area contributed by atoms with Gasteiger partial charge in [0, 0.05) is 13.8 Å². The molecular weight excluding hydrogens is 232 g/mol. The molecule has 0 saturated heterocycles. The van der Waals surface area contributed by atoms with Crippen molar-refractivity contribution in [1.29, 1.82) is 0 Å². The van der Waals surface area contributed by atoms with Gasteiger partial charge in [-0.2, -0.15) is 0 Å². The highest BCUT2D eigenvalue weighted by molar-refractivity contribution is 5.75. The first-order valence-electron chi connectivity index (χ1n) is 5.02. The summed E-state index contributed by atoms with van der Waals surface area (Å²) in [6.07, 6.45) is 0. The second kappa shape index (κ2) is 9.59. The quantitative estimate of drug-likeness (QED) is 0.330. The zero-order valence-corrected chi connectivity index (χ0v) is 9.89. The molecule has 0 aliphatic heterocycles. The van der Waals surface area contributed by atoms with Gasteiger partial charge in [-0.3, -0.25) is 9.59 Å². The molecule has 0 aromatic heterocycles. The summed E-state index contributed by atoms with van der Waals surface area (Å²) >= 11 is 0. The van der Waals surface area contributed by atoms with Gasteiger partial charge in [-0.05, 0) is 0 Å². The minimum atomic E-state index is -0.635. The summed E-state index contributed by atoms with van der Waals surface area (Å²) in [7, 11) is 0. The van der Waals surface area contributed by atoms with E-state index in [1.807, 2.05) is 0 Å². The molecule has 17 heavy (non-hydrogen) atoms. The van der Waals surface area contributed by atoms with Gasteiger partial charge < -0.3 is 18.9 Å². The monoisotopic (exact) mass is 248 g/mol. The van der Waals surface area contributed by atoms with E-state index in [-0.39, 0.29) is 32.4 Å². The van der Waals surface area contributed by atoms with Crippen molar-refractivity contribution in [3.63, 3.8) is 0 Å². The molecule has 0 bridgehead atoms. The molecule has 0 spiro atoms. The van der Waals surface area contributed by atoms with Crippen molar-refractivity contribution in [1.82, 2.24) is 0 Å². The molecule has 0 fully saturated rings. The highest BCUT2D eigenvalue weighted by Gasteiger charge is 2.04. The summed E-state index contributed by atoms with van der Waals surface area (Å²) in [5.74, 6) is -1.55. The Labute approximate surface area is 99.0 Å².